The van der Waals surface area contributed by atoms with Crippen LogP contribution in [0.5, 0.6) is 0 Å². The molecule has 0 atom stereocenters. The normalized spacial score (nSPS) is 12.1. The Balaban J connectivity index is 0.00000675. The second kappa shape index (κ2) is 26.8. The Bertz CT molecular complexity index is 1240. The summed E-state index contributed by atoms with van der Waals surface area (Å²) < 4.78 is 1.46. The summed E-state index contributed by atoms with van der Waals surface area (Å²) in [4.78, 5) is 0. The Hall–Kier alpha value is -2.26. The van der Waals surface area contributed by atoms with Crippen LogP contribution in [-0.4, -0.2) is 4.70 Å². The first-order valence-corrected chi connectivity index (χ1v) is 17.8. The molecule has 2 aromatic carbocycles. The van der Waals surface area contributed by atoms with Crippen LogP contribution in [0, 0.1) is 26.7 Å². The summed E-state index contributed by atoms with van der Waals surface area (Å²) in [5, 5.41) is 0. The maximum atomic E-state index is 11.6. The molecule has 1 aliphatic rings. The first-order valence-electron chi connectivity index (χ1n) is 17.8. The van der Waals surface area contributed by atoms with E-state index in [9.17, 15) is 5.53 Å². The van der Waals surface area contributed by atoms with Crippen molar-refractivity contribution in [1.82, 2.24) is 0 Å². The number of unbranched alkanes of at least 4 members (excludes halogenated alkanes) is 13. The quantitative estimate of drug-likeness (QED) is 0.0404. The van der Waals surface area contributed by atoms with Crippen LogP contribution in [0.1, 0.15) is 159 Å². The molecule has 46 heavy (non-hydrogen) atoms. The zero-order valence-electron chi connectivity index (χ0n) is 30.0. The number of benzene rings is 2. The van der Waals surface area contributed by atoms with E-state index in [1.807, 2.05) is 0 Å². The molecular weight excluding hydrogens is 651 g/mol. The van der Waals surface area contributed by atoms with E-state index in [1.165, 1.54) is 105 Å². The van der Waals surface area contributed by atoms with Crippen LogP contribution in [0.4, 0.5) is 0 Å². The molecule has 0 spiro atoms. The Morgan fingerprint density at radius 2 is 1.22 bits per heavy atom. The molecule has 0 saturated heterocycles. The predicted octanol–water partition coefficient (Wildman–Crippen LogP) is 13.6. The minimum absolute atomic E-state index is 0. The van der Waals surface area contributed by atoms with Crippen molar-refractivity contribution in [3.63, 3.8) is 0 Å². The maximum absolute atomic E-state index is 11.6. The van der Waals surface area contributed by atoms with Gasteiger partial charge in [-0.25, -0.2) is 4.70 Å². The largest absolute Gasteiger partial charge is 2.00 e. The van der Waals surface area contributed by atoms with Crippen LogP contribution in [0.15, 0.2) is 60.2 Å². The molecule has 0 aliphatic carbocycles. The van der Waals surface area contributed by atoms with Crippen molar-refractivity contribution >= 4 is 11.4 Å². The van der Waals surface area contributed by atoms with Gasteiger partial charge in [0.2, 0.25) is 11.4 Å². The molecule has 0 unspecified atom stereocenters. The topological polar surface area (TPSA) is 25.3 Å². The van der Waals surface area contributed by atoms with E-state index >= 15 is 0 Å². The molecule has 0 radical (unpaired) electrons. The van der Waals surface area contributed by atoms with Gasteiger partial charge in [0.1, 0.15) is 0 Å². The molecular formula is C43H64N2Pd. The van der Waals surface area contributed by atoms with Crippen molar-refractivity contribution in [2.45, 2.75) is 149 Å². The summed E-state index contributed by atoms with van der Waals surface area (Å²) in [5.41, 5.74) is 19.5. The zero-order chi connectivity index (χ0) is 30.5. The third kappa shape index (κ3) is 15.1. The van der Waals surface area contributed by atoms with E-state index in [2.05, 4.69) is 87.2 Å². The molecule has 256 valence electrons. The monoisotopic (exact) mass is 714 g/mol. The third-order valence-corrected chi connectivity index (χ3v) is 8.72. The molecule has 3 heteroatoms. The van der Waals surface area contributed by atoms with Gasteiger partial charge in [0.15, 0.2) is 0 Å². The van der Waals surface area contributed by atoms with Gasteiger partial charge in [-0.3, -0.25) is 0 Å². The zero-order valence-corrected chi connectivity index (χ0v) is 31.6. The van der Waals surface area contributed by atoms with Gasteiger partial charge < -0.3 is 20.4 Å². The number of aryl methyl sites for hydroxylation is 2. The first-order chi connectivity index (χ1) is 21.2. The van der Waals surface area contributed by atoms with Gasteiger partial charge in [0, 0.05) is 35.6 Å². The molecule has 1 heterocycles. The van der Waals surface area contributed by atoms with Crippen molar-refractivity contribution in [2.75, 3.05) is 0 Å². The molecule has 2 nitrogen and oxygen atoms in total. The van der Waals surface area contributed by atoms with Crippen LogP contribution in [0.3, 0.4) is 0 Å². The Kier molecular flexibility index (Phi) is 25.5. The predicted molar refractivity (Wildman–Crippen MR) is 200 cm³/mol. The second-order valence-corrected chi connectivity index (χ2v) is 12.4. The van der Waals surface area contributed by atoms with Crippen LogP contribution >= 0.6 is 0 Å². The first kappa shape index (κ1) is 43.7. The van der Waals surface area contributed by atoms with Crippen LogP contribution in [-0.2, 0) is 33.3 Å². The van der Waals surface area contributed by atoms with Crippen LogP contribution in [0.25, 0.3) is 16.9 Å². The fourth-order valence-electron chi connectivity index (χ4n) is 6.11. The average Bonchev–Trinajstić information content (AvgIpc) is 3.36. The van der Waals surface area contributed by atoms with Gasteiger partial charge in [-0.1, -0.05) is 128 Å². The van der Waals surface area contributed by atoms with Crippen LogP contribution in [0.2, 0.25) is 0 Å². The second-order valence-electron chi connectivity index (χ2n) is 12.4. The minimum Gasteiger partial charge on any atom is -0.493 e. The fourth-order valence-corrected chi connectivity index (χ4v) is 6.11. The maximum Gasteiger partial charge on any atom is 2.00 e. The molecule has 0 bridgehead atoms. The van der Waals surface area contributed by atoms with E-state index in [0.717, 1.165) is 67.5 Å². The van der Waals surface area contributed by atoms with Gasteiger partial charge in [-0.2, -0.15) is 0 Å². The third-order valence-electron chi connectivity index (χ3n) is 8.72. The molecule has 0 N–H and O–H groups in total. The molecule has 0 fully saturated rings. The van der Waals surface area contributed by atoms with Crippen molar-refractivity contribution in [1.29, 1.82) is 0 Å². The number of nitrogens with zero attached hydrogens (tertiary/aromatic N) is 2. The van der Waals surface area contributed by atoms with E-state index < -0.39 is 0 Å². The van der Waals surface area contributed by atoms with Crippen LogP contribution < -0.4 is 0 Å². The Morgan fingerprint density at radius 1 is 0.609 bits per heavy atom. The average molecular weight is 715 g/mol. The summed E-state index contributed by atoms with van der Waals surface area (Å²) >= 11 is 0. The van der Waals surface area contributed by atoms with E-state index in [1.54, 1.807) is 0 Å². The summed E-state index contributed by atoms with van der Waals surface area (Å²) in [6, 6.07) is 17.4. The van der Waals surface area contributed by atoms with Crippen molar-refractivity contribution in [3.8, 4) is 11.8 Å². The molecule has 1 aliphatic heterocycles. The number of allylic oxidation sites excluding steroid dienone is 2. The fraction of sp³-hybridized carbons (Fsp3) is 0.535. The number of hydrogen-bond acceptors (Lipinski definition) is 0. The Morgan fingerprint density at radius 3 is 1.91 bits per heavy atom. The van der Waals surface area contributed by atoms with Gasteiger partial charge in [-0.15, -0.1) is 11.8 Å². The smallest absolute Gasteiger partial charge is 0.493 e. The summed E-state index contributed by atoms with van der Waals surface area (Å²) in [5.74, 6) is 6.88. The number of rotatable bonds is 21. The summed E-state index contributed by atoms with van der Waals surface area (Å²) in [6.07, 6.45) is 26.6. The molecule has 3 rings (SSSR count). The summed E-state index contributed by atoms with van der Waals surface area (Å²) in [7, 11) is 0. The minimum atomic E-state index is 0. The molecule has 2 aromatic rings. The Labute approximate surface area is 299 Å². The van der Waals surface area contributed by atoms with Crippen molar-refractivity contribution < 1.29 is 25.1 Å². The molecule has 0 amide bonds. The number of hydrogen-bond donors (Lipinski definition) is 0. The molecule has 0 saturated carbocycles. The van der Waals surface area contributed by atoms with Gasteiger partial charge in [-0.05, 0) is 67.9 Å². The van der Waals surface area contributed by atoms with Gasteiger partial charge >= 0.3 is 20.4 Å². The van der Waals surface area contributed by atoms with Crippen molar-refractivity contribution in [2.24, 2.45) is 0 Å². The molecule has 0 aromatic heterocycles. The van der Waals surface area contributed by atoms with Gasteiger partial charge in [0.05, 0.1) is 0 Å². The van der Waals surface area contributed by atoms with Gasteiger partial charge in [0.25, 0.3) is 0 Å². The van der Waals surface area contributed by atoms with E-state index in [0.29, 0.717) is 0 Å². The van der Waals surface area contributed by atoms with E-state index in [4.69, 9.17) is 0 Å². The van der Waals surface area contributed by atoms with Crippen molar-refractivity contribution in [3.05, 3.63) is 103 Å². The van der Waals surface area contributed by atoms with E-state index in [-0.39, 0.29) is 35.3 Å². The SMILES string of the molecule is CCCCCCCCCCCCC#CCCc1ccccc1C1=C(CCCC)C=C(c2cccc(CCCCC)c2)[N+]1=[N-].[CH3-].[CH3-].[Pd+2]. The standard InChI is InChI=1S/C41H58N2.2CH3.Pd/c1-4-7-10-11-12-13-14-15-16-17-18-19-20-22-29-36-30-23-24-32-39(36)41-38(28-9-6-3)34-40(43(41)42)37-31-25-27-35(33-37)26-21-8-5-2;;;/h23-25,27,30-34H,4-18,21-22,26,28-29H2,1-3H3;2*1H3;/q;2*-1;+2. The summed E-state index contributed by atoms with van der Waals surface area (Å²) in [6.45, 7) is 6.77.